The Balaban J connectivity index is 2.27. The van der Waals surface area contributed by atoms with Crippen LogP contribution in [-0.2, 0) is 14.5 Å². The van der Waals surface area contributed by atoms with Crippen molar-refractivity contribution in [3.05, 3.63) is 18.1 Å². The van der Waals surface area contributed by atoms with Gasteiger partial charge in [0.05, 0.1) is 0 Å². The standard InChI is InChI=1S/C6H8O3/c1-3-4-5-7-6(2)8-9-6/h3,5H,1-2H3. The lowest BCUT2D eigenvalue weighted by atomic mass is 10.7. The van der Waals surface area contributed by atoms with Gasteiger partial charge in [-0.2, -0.15) is 9.78 Å². The van der Waals surface area contributed by atoms with Crippen LogP contribution in [0.3, 0.4) is 0 Å². The molecule has 50 valence electrons. The second-order valence-corrected chi connectivity index (χ2v) is 1.72. The molecule has 0 unspecified atom stereocenters. The highest BCUT2D eigenvalue weighted by molar-refractivity contribution is 4.75. The number of hydrogen-bond acceptors (Lipinski definition) is 3. The molecule has 1 heterocycles. The van der Waals surface area contributed by atoms with E-state index in [4.69, 9.17) is 4.74 Å². The highest BCUT2D eigenvalue weighted by atomic mass is 17.4. The van der Waals surface area contributed by atoms with Gasteiger partial charge in [-0.3, -0.25) is 0 Å². The predicted octanol–water partition coefficient (Wildman–Crippen LogP) is 1.33. The van der Waals surface area contributed by atoms with Crippen LogP contribution in [0.5, 0.6) is 0 Å². The van der Waals surface area contributed by atoms with Gasteiger partial charge >= 0.3 is 5.97 Å². The third kappa shape index (κ3) is 1.90. The minimum Gasteiger partial charge on any atom is -0.435 e. The highest BCUT2D eigenvalue weighted by Gasteiger charge is 2.45. The topological polar surface area (TPSA) is 34.3 Å². The first-order valence-electron chi connectivity index (χ1n) is 2.67. The van der Waals surface area contributed by atoms with Crippen LogP contribution in [0, 0.1) is 0 Å². The average molecular weight is 128 g/mol. The van der Waals surface area contributed by atoms with E-state index in [1.807, 2.05) is 6.92 Å². The first-order chi connectivity index (χ1) is 4.27. The molecule has 9 heavy (non-hydrogen) atoms. The van der Waals surface area contributed by atoms with Crippen LogP contribution in [0.2, 0.25) is 0 Å². The summed E-state index contributed by atoms with van der Waals surface area (Å²) < 4.78 is 4.87. The van der Waals surface area contributed by atoms with E-state index in [-0.39, 0.29) is 0 Å². The maximum atomic E-state index is 4.87. The van der Waals surface area contributed by atoms with Gasteiger partial charge in [0.1, 0.15) is 6.26 Å². The first-order valence-corrected chi connectivity index (χ1v) is 2.67. The maximum Gasteiger partial charge on any atom is 0.378 e. The van der Waals surface area contributed by atoms with Crippen LogP contribution < -0.4 is 0 Å². The Morgan fingerprint density at radius 3 is 2.67 bits per heavy atom. The van der Waals surface area contributed by atoms with Crippen LogP contribution in [-0.4, -0.2) is 5.97 Å². The van der Waals surface area contributed by atoms with Crippen LogP contribution in [0.25, 0.3) is 0 Å². The molecule has 0 radical (unpaired) electrons. The quantitative estimate of drug-likeness (QED) is 0.243. The lowest BCUT2D eigenvalue weighted by Gasteiger charge is -1.93. The molecule has 1 aliphatic rings. The molecule has 1 aliphatic heterocycles. The molecule has 0 saturated carbocycles. The van der Waals surface area contributed by atoms with E-state index in [1.165, 1.54) is 6.26 Å². The van der Waals surface area contributed by atoms with Gasteiger partial charge in [0, 0.05) is 6.92 Å². The van der Waals surface area contributed by atoms with Crippen molar-refractivity contribution in [1.29, 1.82) is 0 Å². The highest BCUT2D eigenvalue weighted by Crippen LogP contribution is 2.29. The molecule has 0 aliphatic carbocycles. The van der Waals surface area contributed by atoms with E-state index in [0.717, 1.165) is 0 Å². The van der Waals surface area contributed by atoms with Crippen molar-refractivity contribution in [3.63, 3.8) is 0 Å². The SMILES string of the molecule is CC=C=COC1(C)OO1. The second kappa shape index (κ2) is 2.23. The molecule has 3 heteroatoms. The number of hydrogen-bond donors (Lipinski definition) is 0. The molecule has 0 amide bonds. The smallest absolute Gasteiger partial charge is 0.378 e. The molecule has 0 aromatic heterocycles. The second-order valence-electron chi connectivity index (χ2n) is 1.72. The van der Waals surface area contributed by atoms with Crippen LogP contribution in [0.4, 0.5) is 0 Å². The molecule has 0 aromatic carbocycles. The number of ether oxygens (including phenoxy) is 1. The Kier molecular flexibility index (Phi) is 1.58. The Labute approximate surface area is 53.4 Å². The number of rotatable bonds is 2. The van der Waals surface area contributed by atoms with Gasteiger partial charge in [0.25, 0.3) is 0 Å². The predicted molar refractivity (Wildman–Crippen MR) is 30.0 cm³/mol. The summed E-state index contributed by atoms with van der Waals surface area (Å²) in [4.78, 5) is 8.87. The van der Waals surface area contributed by atoms with Crippen molar-refractivity contribution in [2.24, 2.45) is 0 Å². The fourth-order valence-corrected chi connectivity index (χ4v) is 0.307. The van der Waals surface area contributed by atoms with Gasteiger partial charge in [-0.15, -0.1) is 0 Å². The zero-order valence-corrected chi connectivity index (χ0v) is 5.38. The van der Waals surface area contributed by atoms with E-state index in [1.54, 1.807) is 13.0 Å². The van der Waals surface area contributed by atoms with Crippen molar-refractivity contribution < 1.29 is 14.5 Å². The molecule has 1 saturated heterocycles. The van der Waals surface area contributed by atoms with Crippen molar-refractivity contribution in [2.45, 2.75) is 19.8 Å². The van der Waals surface area contributed by atoms with Crippen LogP contribution >= 0.6 is 0 Å². The van der Waals surface area contributed by atoms with Crippen molar-refractivity contribution in [3.8, 4) is 0 Å². The van der Waals surface area contributed by atoms with E-state index >= 15 is 0 Å². The van der Waals surface area contributed by atoms with Gasteiger partial charge in [0.2, 0.25) is 0 Å². The summed E-state index contributed by atoms with van der Waals surface area (Å²) in [5, 5.41) is 0. The maximum absolute atomic E-state index is 4.87. The fraction of sp³-hybridized carbons (Fsp3) is 0.500. The molecule has 0 atom stereocenters. The molecule has 0 N–H and O–H groups in total. The Morgan fingerprint density at radius 2 is 2.22 bits per heavy atom. The van der Waals surface area contributed by atoms with Crippen molar-refractivity contribution in [1.82, 2.24) is 0 Å². The summed E-state index contributed by atoms with van der Waals surface area (Å²) in [7, 11) is 0. The average Bonchev–Trinajstić information content (AvgIpc) is 2.50. The Morgan fingerprint density at radius 1 is 1.56 bits per heavy atom. The molecule has 3 nitrogen and oxygen atoms in total. The molecular formula is C6H8O3. The minimum atomic E-state index is -0.837. The van der Waals surface area contributed by atoms with Gasteiger partial charge in [-0.25, -0.2) is 0 Å². The Bertz CT molecular complexity index is 152. The van der Waals surface area contributed by atoms with Gasteiger partial charge < -0.3 is 4.74 Å². The normalized spacial score (nSPS) is 19.8. The fourth-order valence-electron chi connectivity index (χ4n) is 0.307. The Hall–Kier alpha value is -0.760. The van der Waals surface area contributed by atoms with E-state index < -0.39 is 5.97 Å². The molecular weight excluding hydrogens is 120 g/mol. The lowest BCUT2D eigenvalue weighted by molar-refractivity contribution is 0.0309. The zero-order valence-electron chi connectivity index (χ0n) is 5.38. The third-order valence-corrected chi connectivity index (χ3v) is 0.826. The lowest BCUT2D eigenvalue weighted by Crippen LogP contribution is -2.03. The summed E-state index contributed by atoms with van der Waals surface area (Å²) >= 11 is 0. The number of allylic oxidation sites excluding steroid dienone is 1. The molecule has 0 bridgehead atoms. The van der Waals surface area contributed by atoms with Gasteiger partial charge in [-0.05, 0) is 13.0 Å². The molecule has 0 spiro atoms. The summed E-state index contributed by atoms with van der Waals surface area (Å²) in [6, 6.07) is 0. The summed E-state index contributed by atoms with van der Waals surface area (Å²) in [5.41, 5.74) is 2.71. The van der Waals surface area contributed by atoms with Gasteiger partial charge in [0.15, 0.2) is 0 Å². The largest absolute Gasteiger partial charge is 0.435 e. The monoisotopic (exact) mass is 128 g/mol. The summed E-state index contributed by atoms with van der Waals surface area (Å²) in [5.74, 6) is -0.837. The zero-order chi connectivity index (χ0) is 6.74. The van der Waals surface area contributed by atoms with Crippen LogP contribution in [0.1, 0.15) is 13.8 Å². The van der Waals surface area contributed by atoms with Gasteiger partial charge in [-0.1, -0.05) is 5.73 Å². The molecule has 1 rings (SSSR count). The van der Waals surface area contributed by atoms with Crippen molar-refractivity contribution >= 4 is 0 Å². The summed E-state index contributed by atoms with van der Waals surface area (Å²) in [6.45, 7) is 3.51. The molecule has 1 fully saturated rings. The van der Waals surface area contributed by atoms with E-state index in [2.05, 4.69) is 15.5 Å². The van der Waals surface area contributed by atoms with Crippen molar-refractivity contribution in [2.75, 3.05) is 0 Å². The third-order valence-electron chi connectivity index (χ3n) is 0.826. The van der Waals surface area contributed by atoms with E-state index in [0.29, 0.717) is 0 Å². The van der Waals surface area contributed by atoms with E-state index in [9.17, 15) is 0 Å². The molecule has 0 aromatic rings. The summed E-state index contributed by atoms with van der Waals surface area (Å²) in [6.07, 6.45) is 3.12. The first kappa shape index (κ1) is 6.36. The minimum absolute atomic E-state index is 0.837. The van der Waals surface area contributed by atoms with Crippen LogP contribution in [0.15, 0.2) is 18.1 Å².